The lowest BCUT2D eigenvalue weighted by Crippen LogP contribution is -2.47. The minimum atomic E-state index is -0.185. The maximum atomic E-state index is 11.8. The van der Waals surface area contributed by atoms with Crippen molar-refractivity contribution in [2.24, 2.45) is 5.92 Å². The molecule has 106 valence electrons. The molecular formula is C14H27NO3. The Morgan fingerprint density at radius 2 is 2.06 bits per heavy atom. The highest BCUT2D eigenvalue weighted by atomic mass is 16.5. The van der Waals surface area contributed by atoms with E-state index in [1.54, 1.807) is 7.11 Å². The predicted molar refractivity (Wildman–Crippen MR) is 71.4 cm³/mol. The maximum absolute atomic E-state index is 11.8. The van der Waals surface area contributed by atoms with Gasteiger partial charge in [0.05, 0.1) is 13.2 Å². The zero-order valence-corrected chi connectivity index (χ0v) is 12.1. The summed E-state index contributed by atoms with van der Waals surface area (Å²) < 4.78 is 10.3. The highest BCUT2D eigenvalue weighted by molar-refractivity contribution is 5.75. The van der Waals surface area contributed by atoms with Gasteiger partial charge >= 0.3 is 5.97 Å². The minimum Gasteiger partial charge on any atom is -0.468 e. The first-order valence-corrected chi connectivity index (χ1v) is 6.93. The normalized spacial score (nSPS) is 26.1. The van der Waals surface area contributed by atoms with Gasteiger partial charge in [0.15, 0.2) is 0 Å². The van der Waals surface area contributed by atoms with Crippen LogP contribution in [0.3, 0.4) is 0 Å². The average Bonchev–Trinajstić information content (AvgIpc) is 2.36. The Balaban J connectivity index is 2.51. The predicted octanol–water partition coefficient (Wildman–Crippen LogP) is 2.12. The van der Waals surface area contributed by atoms with Crippen molar-refractivity contribution in [1.29, 1.82) is 0 Å². The van der Waals surface area contributed by atoms with Crippen LogP contribution in [-0.4, -0.2) is 38.4 Å². The number of methoxy groups -OCH3 is 2. The molecule has 0 aromatic rings. The van der Waals surface area contributed by atoms with Crippen LogP contribution in [0.5, 0.6) is 0 Å². The van der Waals surface area contributed by atoms with Crippen molar-refractivity contribution < 1.29 is 14.3 Å². The lowest BCUT2D eigenvalue weighted by Gasteiger charge is -2.31. The Hall–Kier alpha value is -0.610. The number of ether oxygens (including phenoxy) is 2. The summed E-state index contributed by atoms with van der Waals surface area (Å²) in [7, 11) is 3.22. The SMILES string of the molecule is COC(=O)C(CC(C)C)NC1CCCC(OC)C1. The molecule has 1 rings (SSSR count). The number of nitrogens with one attached hydrogen (secondary N) is 1. The summed E-state index contributed by atoms with van der Waals surface area (Å²) in [6.07, 6.45) is 5.54. The smallest absolute Gasteiger partial charge is 0.322 e. The largest absolute Gasteiger partial charge is 0.468 e. The highest BCUT2D eigenvalue weighted by Gasteiger charge is 2.27. The lowest BCUT2D eigenvalue weighted by molar-refractivity contribution is -0.144. The molecule has 0 amide bonds. The van der Waals surface area contributed by atoms with E-state index in [9.17, 15) is 4.79 Å². The first-order valence-electron chi connectivity index (χ1n) is 6.93. The van der Waals surface area contributed by atoms with Gasteiger partial charge in [-0.15, -0.1) is 0 Å². The van der Waals surface area contributed by atoms with Crippen LogP contribution >= 0.6 is 0 Å². The molecule has 0 saturated heterocycles. The quantitative estimate of drug-likeness (QED) is 0.740. The molecule has 0 heterocycles. The Labute approximate surface area is 110 Å². The molecule has 1 N–H and O–H groups in total. The number of carbonyl (C=O) groups excluding carboxylic acids is 1. The summed E-state index contributed by atoms with van der Waals surface area (Å²) >= 11 is 0. The third kappa shape index (κ3) is 4.94. The second-order valence-corrected chi connectivity index (χ2v) is 5.59. The van der Waals surface area contributed by atoms with E-state index in [2.05, 4.69) is 19.2 Å². The van der Waals surface area contributed by atoms with Crippen LogP contribution in [-0.2, 0) is 14.3 Å². The number of esters is 1. The van der Waals surface area contributed by atoms with Gasteiger partial charge in [0.25, 0.3) is 0 Å². The second kappa shape index (κ2) is 7.74. The molecule has 1 fully saturated rings. The van der Waals surface area contributed by atoms with Gasteiger partial charge in [-0.3, -0.25) is 4.79 Å². The van der Waals surface area contributed by atoms with E-state index in [0.29, 0.717) is 18.1 Å². The molecule has 3 unspecified atom stereocenters. The standard InChI is InChI=1S/C14H27NO3/c1-10(2)8-13(14(16)18-4)15-11-6-5-7-12(9-11)17-3/h10-13,15H,5-9H2,1-4H3. The van der Waals surface area contributed by atoms with Crippen molar-refractivity contribution in [3.05, 3.63) is 0 Å². The zero-order chi connectivity index (χ0) is 13.5. The van der Waals surface area contributed by atoms with Crippen LogP contribution in [0.1, 0.15) is 46.0 Å². The summed E-state index contributed by atoms with van der Waals surface area (Å²) in [4.78, 5) is 11.8. The van der Waals surface area contributed by atoms with Gasteiger partial charge in [-0.25, -0.2) is 0 Å². The molecule has 0 bridgehead atoms. The monoisotopic (exact) mass is 257 g/mol. The van der Waals surface area contributed by atoms with Gasteiger partial charge in [-0.05, 0) is 38.0 Å². The fourth-order valence-electron chi connectivity index (χ4n) is 2.64. The summed E-state index contributed by atoms with van der Waals surface area (Å²) in [6, 6.07) is 0.183. The van der Waals surface area contributed by atoms with E-state index in [1.807, 2.05) is 0 Å². The molecule has 1 aliphatic rings. The van der Waals surface area contributed by atoms with E-state index in [-0.39, 0.29) is 12.0 Å². The maximum Gasteiger partial charge on any atom is 0.322 e. The van der Waals surface area contributed by atoms with Gasteiger partial charge in [0.1, 0.15) is 6.04 Å². The van der Waals surface area contributed by atoms with E-state index in [0.717, 1.165) is 32.1 Å². The van der Waals surface area contributed by atoms with Crippen molar-refractivity contribution in [3.8, 4) is 0 Å². The molecule has 0 aliphatic heterocycles. The number of carbonyl (C=O) groups is 1. The van der Waals surface area contributed by atoms with Crippen molar-refractivity contribution >= 4 is 5.97 Å². The van der Waals surface area contributed by atoms with Crippen LogP contribution in [0.15, 0.2) is 0 Å². The van der Waals surface area contributed by atoms with Crippen LogP contribution in [0.25, 0.3) is 0 Å². The molecule has 0 radical (unpaired) electrons. The van der Waals surface area contributed by atoms with Crippen molar-refractivity contribution in [2.75, 3.05) is 14.2 Å². The summed E-state index contributed by atoms with van der Waals surface area (Å²) in [5.74, 6) is 0.326. The van der Waals surface area contributed by atoms with Crippen LogP contribution in [0, 0.1) is 5.92 Å². The average molecular weight is 257 g/mol. The second-order valence-electron chi connectivity index (χ2n) is 5.59. The van der Waals surface area contributed by atoms with Crippen molar-refractivity contribution in [2.45, 2.75) is 64.1 Å². The Morgan fingerprint density at radius 1 is 1.33 bits per heavy atom. The summed E-state index contributed by atoms with van der Waals surface area (Å²) in [6.45, 7) is 4.24. The lowest BCUT2D eigenvalue weighted by atomic mass is 9.91. The van der Waals surface area contributed by atoms with Crippen LogP contribution in [0.4, 0.5) is 0 Å². The third-order valence-electron chi connectivity index (χ3n) is 3.59. The molecule has 0 spiro atoms. The van der Waals surface area contributed by atoms with Gasteiger partial charge in [0, 0.05) is 13.2 Å². The van der Waals surface area contributed by atoms with Crippen LogP contribution < -0.4 is 5.32 Å². The highest BCUT2D eigenvalue weighted by Crippen LogP contribution is 2.22. The molecule has 1 saturated carbocycles. The van der Waals surface area contributed by atoms with Gasteiger partial charge in [-0.2, -0.15) is 0 Å². The molecule has 3 atom stereocenters. The first-order chi connectivity index (χ1) is 8.56. The number of hydrogen-bond acceptors (Lipinski definition) is 4. The summed E-state index contributed by atoms with van der Waals surface area (Å²) in [5.41, 5.74) is 0. The fraction of sp³-hybridized carbons (Fsp3) is 0.929. The van der Waals surface area contributed by atoms with E-state index in [4.69, 9.17) is 9.47 Å². The molecule has 1 aliphatic carbocycles. The number of rotatable bonds is 6. The van der Waals surface area contributed by atoms with Crippen molar-refractivity contribution in [1.82, 2.24) is 5.32 Å². The van der Waals surface area contributed by atoms with E-state index < -0.39 is 0 Å². The van der Waals surface area contributed by atoms with E-state index >= 15 is 0 Å². The van der Waals surface area contributed by atoms with Gasteiger partial charge in [0.2, 0.25) is 0 Å². The molecule has 0 aromatic carbocycles. The molecule has 4 heteroatoms. The first kappa shape index (κ1) is 15.4. The molecule has 0 aromatic heterocycles. The van der Waals surface area contributed by atoms with Gasteiger partial charge in [-0.1, -0.05) is 13.8 Å². The Bertz CT molecular complexity index is 255. The zero-order valence-electron chi connectivity index (χ0n) is 12.1. The number of hydrogen-bond donors (Lipinski definition) is 1. The van der Waals surface area contributed by atoms with Crippen LogP contribution in [0.2, 0.25) is 0 Å². The fourth-order valence-corrected chi connectivity index (χ4v) is 2.64. The van der Waals surface area contributed by atoms with Gasteiger partial charge < -0.3 is 14.8 Å². The molecule has 18 heavy (non-hydrogen) atoms. The van der Waals surface area contributed by atoms with E-state index in [1.165, 1.54) is 7.11 Å². The Morgan fingerprint density at radius 3 is 2.61 bits per heavy atom. The van der Waals surface area contributed by atoms with Crippen molar-refractivity contribution in [3.63, 3.8) is 0 Å². The molecule has 4 nitrogen and oxygen atoms in total. The molecular weight excluding hydrogens is 230 g/mol. The topological polar surface area (TPSA) is 47.6 Å². The Kier molecular flexibility index (Phi) is 6.65. The minimum absolute atomic E-state index is 0.150. The third-order valence-corrected chi connectivity index (χ3v) is 3.59. The summed E-state index contributed by atoms with van der Waals surface area (Å²) in [5, 5.41) is 3.45.